The maximum atomic E-state index is 13.5. The van der Waals surface area contributed by atoms with Gasteiger partial charge >= 0.3 is 24.8 Å². The summed E-state index contributed by atoms with van der Waals surface area (Å²) < 4.78 is 27.0. The molecule has 1 saturated heterocycles. The van der Waals surface area contributed by atoms with Crippen molar-refractivity contribution < 1.29 is 23.5 Å². The number of carbonyl (C=O) groups is 2. The van der Waals surface area contributed by atoms with Crippen LogP contribution in [0, 0.1) is 11.6 Å². The molecule has 1 heterocycles. The third-order valence-corrected chi connectivity index (χ3v) is 4.71. The third-order valence-electron chi connectivity index (χ3n) is 4.71. The van der Waals surface area contributed by atoms with Gasteiger partial charge in [0.15, 0.2) is 0 Å². The van der Waals surface area contributed by atoms with E-state index < -0.39 is 35.7 Å². The second-order valence-corrected chi connectivity index (χ2v) is 6.22. The van der Waals surface area contributed by atoms with Crippen molar-refractivity contribution in [1.29, 1.82) is 0 Å². The number of nitrogens with one attached hydrogen (secondary N) is 1. The van der Waals surface area contributed by atoms with E-state index in [4.69, 9.17) is 5.11 Å². The summed E-state index contributed by atoms with van der Waals surface area (Å²) in [6.45, 7) is -0.201. The molecule has 1 aliphatic carbocycles. The Kier molecular flexibility index (Phi) is 5.69. The molecule has 24 heavy (non-hydrogen) atoms. The first-order chi connectivity index (χ1) is 10.9. The summed E-state index contributed by atoms with van der Waals surface area (Å²) in [5, 5.41) is 12.3. The average Bonchev–Trinajstić information content (AvgIpc) is 2.92. The fourth-order valence-corrected chi connectivity index (χ4v) is 3.66. The van der Waals surface area contributed by atoms with Gasteiger partial charge in [0, 0.05) is 12.6 Å². The first-order valence-electron chi connectivity index (χ1n) is 7.65. The molecule has 2 aliphatic rings. The van der Waals surface area contributed by atoms with Crippen molar-refractivity contribution in [2.75, 3.05) is 13.1 Å². The van der Waals surface area contributed by atoms with Gasteiger partial charge in [-0.1, -0.05) is 12.8 Å². The van der Waals surface area contributed by atoms with E-state index in [1.807, 2.05) is 0 Å². The molecule has 1 amide bonds. The van der Waals surface area contributed by atoms with Crippen LogP contribution in [0.15, 0.2) is 18.2 Å². The molecular weight excluding hydrogens is 313 g/mol. The number of carbonyl (C=O) groups excluding carboxylic acids is 1. The molecule has 0 radical (unpaired) electrons. The average molecular weight is 332 g/mol. The number of hydrogen-bond donors (Lipinski definition) is 2. The fraction of sp³-hybridized carbons (Fsp3) is 0.500. The Morgan fingerprint density at radius 2 is 1.83 bits per heavy atom. The summed E-state index contributed by atoms with van der Waals surface area (Å²) in [7, 11) is 0. The maximum absolute atomic E-state index is 13.5. The van der Waals surface area contributed by atoms with Gasteiger partial charge in [0.1, 0.15) is 18.2 Å². The van der Waals surface area contributed by atoms with Crippen molar-refractivity contribution in [3.8, 4) is 0 Å². The summed E-state index contributed by atoms with van der Waals surface area (Å²) >= 11 is 0. The SMILES string of the molecule is O=C(O)CN1C(=O)C2(CCCC2)NC[C@H]1c1cc(F)cc(F)c1.[LiH]. The van der Waals surface area contributed by atoms with E-state index in [9.17, 15) is 18.4 Å². The molecule has 1 spiro atoms. The number of nitrogens with zero attached hydrogens (tertiary/aromatic N) is 1. The van der Waals surface area contributed by atoms with Gasteiger partial charge in [0.25, 0.3) is 0 Å². The number of carboxylic acid groups (broad SMARTS) is 1. The van der Waals surface area contributed by atoms with Crippen molar-refractivity contribution in [1.82, 2.24) is 10.2 Å². The first-order valence-corrected chi connectivity index (χ1v) is 7.65. The van der Waals surface area contributed by atoms with Gasteiger partial charge in [-0.15, -0.1) is 0 Å². The van der Waals surface area contributed by atoms with Gasteiger partial charge in [-0.05, 0) is 30.5 Å². The van der Waals surface area contributed by atoms with Crippen molar-refractivity contribution in [3.05, 3.63) is 35.4 Å². The first kappa shape index (κ1) is 18.9. The number of rotatable bonds is 3. The molecule has 1 atom stereocenters. The number of halogens is 2. The molecule has 1 aromatic rings. The van der Waals surface area contributed by atoms with Gasteiger partial charge in [0.2, 0.25) is 5.91 Å². The van der Waals surface area contributed by atoms with Crippen LogP contribution < -0.4 is 5.32 Å². The van der Waals surface area contributed by atoms with E-state index in [0.717, 1.165) is 31.0 Å². The van der Waals surface area contributed by atoms with Crippen LogP contribution in [0.25, 0.3) is 0 Å². The zero-order valence-electron chi connectivity index (χ0n) is 12.5. The van der Waals surface area contributed by atoms with Gasteiger partial charge in [-0.2, -0.15) is 0 Å². The molecular formula is C16H19F2LiN2O3. The Balaban J connectivity index is 0.00000208. The van der Waals surface area contributed by atoms with Gasteiger partial charge < -0.3 is 15.3 Å². The van der Waals surface area contributed by atoms with Gasteiger partial charge in [0.05, 0.1) is 11.6 Å². The summed E-state index contributed by atoms with van der Waals surface area (Å²) in [6.07, 6.45) is 3.12. The standard InChI is InChI=1S/C16H18F2N2O3.Li.H/c17-11-5-10(6-12(18)7-11)13-8-19-16(3-1-2-4-16)15(23)20(13)9-14(21)22;;/h5-7,13,19H,1-4,8-9H2,(H,21,22);;/t13-;;/m0../s1. The van der Waals surface area contributed by atoms with Crippen LogP contribution in [0.3, 0.4) is 0 Å². The fourth-order valence-electron chi connectivity index (χ4n) is 3.66. The van der Waals surface area contributed by atoms with Crippen LogP contribution in [0.5, 0.6) is 0 Å². The molecule has 0 unspecified atom stereocenters. The topological polar surface area (TPSA) is 69.6 Å². The molecule has 126 valence electrons. The number of benzene rings is 1. The molecule has 2 N–H and O–H groups in total. The van der Waals surface area contributed by atoms with Crippen LogP contribution in [-0.2, 0) is 9.59 Å². The Morgan fingerprint density at radius 3 is 2.38 bits per heavy atom. The molecule has 1 aliphatic heterocycles. The minimum absolute atomic E-state index is 0. The van der Waals surface area contributed by atoms with Crippen LogP contribution in [0.4, 0.5) is 8.78 Å². The van der Waals surface area contributed by atoms with Crippen LogP contribution in [0.1, 0.15) is 37.3 Å². The number of hydrogen-bond acceptors (Lipinski definition) is 3. The van der Waals surface area contributed by atoms with E-state index in [1.165, 1.54) is 4.90 Å². The van der Waals surface area contributed by atoms with Crippen LogP contribution >= 0.6 is 0 Å². The van der Waals surface area contributed by atoms with Crippen molar-refractivity contribution in [3.63, 3.8) is 0 Å². The normalized spacial score (nSPS) is 22.5. The summed E-state index contributed by atoms with van der Waals surface area (Å²) in [5.74, 6) is -2.93. The molecule has 5 nitrogen and oxygen atoms in total. The number of piperazine rings is 1. The molecule has 1 saturated carbocycles. The van der Waals surface area contributed by atoms with E-state index >= 15 is 0 Å². The molecule has 0 aromatic heterocycles. The Labute approximate surface area is 150 Å². The zero-order valence-corrected chi connectivity index (χ0v) is 12.5. The molecule has 0 bridgehead atoms. The summed E-state index contributed by atoms with van der Waals surface area (Å²) in [5.41, 5.74) is -0.463. The van der Waals surface area contributed by atoms with Crippen LogP contribution in [-0.4, -0.2) is 59.4 Å². The molecule has 8 heteroatoms. The quantitative estimate of drug-likeness (QED) is 0.816. The monoisotopic (exact) mass is 332 g/mol. The van der Waals surface area contributed by atoms with Crippen LogP contribution in [0.2, 0.25) is 0 Å². The van der Waals surface area contributed by atoms with Gasteiger partial charge in [-0.3, -0.25) is 9.59 Å². The molecule has 1 aromatic carbocycles. The predicted octanol–water partition coefficient (Wildman–Crippen LogP) is 1.19. The van der Waals surface area contributed by atoms with E-state index in [-0.39, 0.29) is 36.9 Å². The van der Waals surface area contributed by atoms with Gasteiger partial charge in [-0.25, -0.2) is 8.78 Å². The number of amides is 1. The molecule has 2 fully saturated rings. The Hall–Kier alpha value is -1.42. The van der Waals surface area contributed by atoms with E-state index in [2.05, 4.69) is 5.32 Å². The van der Waals surface area contributed by atoms with E-state index in [1.54, 1.807) is 0 Å². The number of carboxylic acids is 1. The molecule has 3 rings (SSSR count). The summed E-state index contributed by atoms with van der Waals surface area (Å²) in [4.78, 5) is 25.3. The van der Waals surface area contributed by atoms with Crippen molar-refractivity contribution in [2.45, 2.75) is 37.3 Å². The van der Waals surface area contributed by atoms with E-state index in [0.29, 0.717) is 12.8 Å². The third kappa shape index (κ3) is 3.48. The Bertz CT molecular complexity index is 630. The second-order valence-electron chi connectivity index (χ2n) is 6.22. The second kappa shape index (κ2) is 7.22. The Morgan fingerprint density at radius 1 is 1.25 bits per heavy atom. The predicted molar refractivity (Wildman–Crippen MR) is 84.8 cm³/mol. The van der Waals surface area contributed by atoms with Crippen molar-refractivity contribution >= 4 is 30.7 Å². The van der Waals surface area contributed by atoms with Crippen molar-refractivity contribution in [2.24, 2.45) is 0 Å². The summed E-state index contributed by atoms with van der Waals surface area (Å²) in [6, 6.07) is 2.34. The number of aliphatic carboxylic acids is 1. The minimum atomic E-state index is -1.14. The zero-order chi connectivity index (χ0) is 16.6.